The molecule has 26 heavy (non-hydrogen) atoms. The summed E-state index contributed by atoms with van der Waals surface area (Å²) < 4.78 is 0. The largest absolute Gasteiger partial charge is 0.399 e. The smallest absolute Gasteiger partial charge is 0.0716 e. The Hall–Kier alpha value is -3.59. The van der Waals surface area contributed by atoms with Crippen molar-refractivity contribution in [3.8, 4) is 33.6 Å². The lowest BCUT2D eigenvalue weighted by Crippen LogP contribution is -1.93. The van der Waals surface area contributed by atoms with Crippen molar-refractivity contribution in [1.82, 2.24) is 4.98 Å². The SMILES string of the molecule is Nc1cccc(-c2cc(-c3ccccc3)cc(-c3cccc(N)c3)n2)c1. The van der Waals surface area contributed by atoms with Crippen molar-refractivity contribution in [3.63, 3.8) is 0 Å². The first-order valence-electron chi connectivity index (χ1n) is 8.48. The number of pyridine rings is 1. The van der Waals surface area contributed by atoms with Crippen LogP contribution >= 0.6 is 0 Å². The third kappa shape index (κ3) is 3.28. The summed E-state index contributed by atoms with van der Waals surface area (Å²) in [6, 6.07) is 30.1. The number of anilines is 2. The molecule has 3 aromatic carbocycles. The van der Waals surface area contributed by atoms with Crippen molar-refractivity contribution in [2.45, 2.75) is 0 Å². The van der Waals surface area contributed by atoms with Crippen molar-refractivity contribution in [2.75, 3.05) is 11.5 Å². The molecule has 0 unspecified atom stereocenters. The van der Waals surface area contributed by atoms with Crippen LogP contribution in [0, 0.1) is 0 Å². The second-order valence-electron chi connectivity index (χ2n) is 6.24. The molecule has 126 valence electrons. The first-order valence-corrected chi connectivity index (χ1v) is 8.48. The molecule has 1 heterocycles. The van der Waals surface area contributed by atoms with Crippen LogP contribution in [0.3, 0.4) is 0 Å². The average molecular weight is 337 g/mol. The molecule has 0 bridgehead atoms. The van der Waals surface area contributed by atoms with Crippen LogP contribution in [0.2, 0.25) is 0 Å². The molecule has 0 spiro atoms. The summed E-state index contributed by atoms with van der Waals surface area (Å²) in [6.07, 6.45) is 0. The molecule has 0 aliphatic rings. The van der Waals surface area contributed by atoms with Gasteiger partial charge in [0, 0.05) is 22.5 Å². The maximum absolute atomic E-state index is 5.97. The fourth-order valence-corrected chi connectivity index (χ4v) is 3.02. The number of hydrogen-bond acceptors (Lipinski definition) is 3. The van der Waals surface area contributed by atoms with Crippen LogP contribution in [0.4, 0.5) is 11.4 Å². The molecule has 4 aromatic rings. The van der Waals surface area contributed by atoms with Crippen molar-refractivity contribution >= 4 is 11.4 Å². The molecule has 1 aromatic heterocycles. The van der Waals surface area contributed by atoms with E-state index in [4.69, 9.17) is 16.5 Å². The monoisotopic (exact) mass is 337 g/mol. The Morgan fingerprint density at radius 3 is 1.46 bits per heavy atom. The Morgan fingerprint density at radius 1 is 0.462 bits per heavy atom. The standard InChI is InChI=1S/C23H19N3/c24-20-10-4-8-17(12-20)22-14-19(16-6-2-1-3-7-16)15-23(26-22)18-9-5-11-21(25)13-18/h1-15H,24-25H2. The van der Waals surface area contributed by atoms with Crippen LogP contribution in [0.25, 0.3) is 33.6 Å². The zero-order valence-corrected chi connectivity index (χ0v) is 14.3. The van der Waals surface area contributed by atoms with Gasteiger partial charge in [-0.2, -0.15) is 0 Å². The zero-order valence-electron chi connectivity index (χ0n) is 14.3. The van der Waals surface area contributed by atoms with E-state index in [1.54, 1.807) is 0 Å². The van der Waals surface area contributed by atoms with Gasteiger partial charge < -0.3 is 11.5 Å². The first kappa shape index (κ1) is 15.9. The van der Waals surface area contributed by atoms with Crippen LogP contribution in [0.1, 0.15) is 0 Å². The minimum absolute atomic E-state index is 0.722. The van der Waals surface area contributed by atoms with E-state index in [0.29, 0.717) is 0 Å². The highest BCUT2D eigenvalue weighted by molar-refractivity contribution is 5.78. The molecule has 0 aliphatic heterocycles. The predicted octanol–water partition coefficient (Wildman–Crippen LogP) is 5.25. The van der Waals surface area contributed by atoms with Crippen molar-refractivity contribution in [1.29, 1.82) is 0 Å². The fourth-order valence-electron chi connectivity index (χ4n) is 3.02. The minimum atomic E-state index is 0.722. The molecular formula is C23H19N3. The lowest BCUT2D eigenvalue weighted by atomic mass is 10.00. The Labute approximate surface area is 153 Å². The van der Waals surface area contributed by atoms with Crippen molar-refractivity contribution in [3.05, 3.63) is 91.0 Å². The second kappa shape index (κ2) is 6.73. The van der Waals surface area contributed by atoms with E-state index in [-0.39, 0.29) is 0 Å². The quantitative estimate of drug-likeness (QED) is 0.502. The van der Waals surface area contributed by atoms with Gasteiger partial charge in [0.05, 0.1) is 11.4 Å². The maximum atomic E-state index is 5.97. The van der Waals surface area contributed by atoms with Gasteiger partial charge in [0.15, 0.2) is 0 Å². The summed E-state index contributed by atoms with van der Waals surface area (Å²) in [6.45, 7) is 0. The molecule has 0 saturated heterocycles. The Bertz CT molecular complexity index is 992. The molecule has 3 heteroatoms. The zero-order chi connectivity index (χ0) is 17.9. The average Bonchev–Trinajstić information content (AvgIpc) is 2.68. The molecule has 0 saturated carbocycles. The van der Waals surface area contributed by atoms with E-state index in [2.05, 4.69) is 24.3 Å². The lowest BCUT2D eigenvalue weighted by Gasteiger charge is -2.11. The van der Waals surface area contributed by atoms with E-state index in [1.165, 1.54) is 0 Å². The van der Waals surface area contributed by atoms with E-state index in [9.17, 15) is 0 Å². The topological polar surface area (TPSA) is 64.9 Å². The van der Waals surface area contributed by atoms with Crippen LogP contribution in [0.5, 0.6) is 0 Å². The minimum Gasteiger partial charge on any atom is -0.399 e. The third-order valence-electron chi connectivity index (χ3n) is 4.30. The van der Waals surface area contributed by atoms with Crippen LogP contribution in [0.15, 0.2) is 91.0 Å². The van der Waals surface area contributed by atoms with Crippen LogP contribution in [-0.2, 0) is 0 Å². The van der Waals surface area contributed by atoms with E-state index >= 15 is 0 Å². The maximum Gasteiger partial charge on any atom is 0.0716 e. The normalized spacial score (nSPS) is 10.6. The highest BCUT2D eigenvalue weighted by Crippen LogP contribution is 2.31. The highest BCUT2D eigenvalue weighted by Gasteiger charge is 2.09. The van der Waals surface area contributed by atoms with Crippen LogP contribution in [-0.4, -0.2) is 4.98 Å². The third-order valence-corrected chi connectivity index (χ3v) is 4.30. The number of aromatic nitrogens is 1. The number of nitrogen functional groups attached to an aromatic ring is 2. The van der Waals surface area contributed by atoms with Gasteiger partial charge >= 0.3 is 0 Å². The molecule has 0 radical (unpaired) electrons. The summed E-state index contributed by atoms with van der Waals surface area (Å²) >= 11 is 0. The van der Waals surface area contributed by atoms with Crippen molar-refractivity contribution < 1.29 is 0 Å². The van der Waals surface area contributed by atoms with Gasteiger partial charge in [-0.15, -0.1) is 0 Å². The van der Waals surface area contributed by atoms with E-state index in [0.717, 1.165) is 45.0 Å². The van der Waals surface area contributed by atoms with Gasteiger partial charge in [-0.05, 0) is 47.5 Å². The molecule has 0 fully saturated rings. The Kier molecular flexibility index (Phi) is 4.12. The molecule has 4 rings (SSSR count). The molecule has 0 atom stereocenters. The van der Waals surface area contributed by atoms with Gasteiger partial charge in [-0.3, -0.25) is 0 Å². The number of hydrogen-bond donors (Lipinski definition) is 2. The molecule has 0 amide bonds. The highest BCUT2D eigenvalue weighted by atomic mass is 14.7. The molecule has 3 nitrogen and oxygen atoms in total. The predicted molar refractivity (Wildman–Crippen MR) is 109 cm³/mol. The Morgan fingerprint density at radius 2 is 0.962 bits per heavy atom. The molecular weight excluding hydrogens is 318 g/mol. The summed E-state index contributed by atoms with van der Waals surface area (Å²) in [4.78, 5) is 4.87. The number of nitrogens with two attached hydrogens (primary N) is 2. The Balaban J connectivity index is 1.93. The molecule has 0 aliphatic carbocycles. The van der Waals surface area contributed by atoms with Gasteiger partial charge in [0.1, 0.15) is 0 Å². The van der Waals surface area contributed by atoms with Gasteiger partial charge in [0.2, 0.25) is 0 Å². The van der Waals surface area contributed by atoms with Gasteiger partial charge in [0.25, 0.3) is 0 Å². The van der Waals surface area contributed by atoms with E-state index < -0.39 is 0 Å². The summed E-state index contributed by atoms with van der Waals surface area (Å²) in [5.41, 5.74) is 19.4. The summed E-state index contributed by atoms with van der Waals surface area (Å²) in [5.74, 6) is 0. The van der Waals surface area contributed by atoms with Gasteiger partial charge in [-0.1, -0.05) is 54.6 Å². The van der Waals surface area contributed by atoms with Crippen molar-refractivity contribution in [2.24, 2.45) is 0 Å². The fraction of sp³-hybridized carbons (Fsp3) is 0. The number of benzene rings is 3. The van der Waals surface area contributed by atoms with Crippen LogP contribution < -0.4 is 11.5 Å². The van der Waals surface area contributed by atoms with Gasteiger partial charge in [-0.25, -0.2) is 4.98 Å². The summed E-state index contributed by atoms with van der Waals surface area (Å²) in [5, 5.41) is 0. The number of rotatable bonds is 3. The first-order chi connectivity index (χ1) is 12.7. The van der Waals surface area contributed by atoms with E-state index in [1.807, 2.05) is 66.7 Å². The summed E-state index contributed by atoms with van der Waals surface area (Å²) in [7, 11) is 0. The second-order valence-corrected chi connectivity index (χ2v) is 6.24. The lowest BCUT2D eigenvalue weighted by molar-refractivity contribution is 1.32. The molecule has 4 N–H and O–H groups in total. The number of nitrogens with zero attached hydrogens (tertiary/aromatic N) is 1.